The summed E-state index contributed by atoms with van der Waals surface area (Å²) in [7, 11) is 0. The lowest BCUT2D eigenvalue weighted by Crippen LogP contribution is -2.35. The maximum absolute atomic E-state index is 9.83. The van der Waals surface area contributed by atoms with Crippen LogP contribution in [0.1, 0.15) is 13.8 Å². The van der Waals surface area contributed by atoms with Crippen LogP contribution in [-0.2, 0) is 0 Å². The summed E-state index contributed by atoms with van der Waals surface area (Å²) in [4.78, 5) is 0. The van der Waals surface area contributed by atoms with Crippen LogP contribution in [0.25, 0.3) is 10.8 Å². The van der Waals surface area contributed by atoms with E-state index in [1.165, 1.54) is 0 Å². The molecule has 0 radical (unpaired) electrons. The van der Waals surface area contributed by atoms with Crippen molar-refractivity contribution < 1.29 is 9.84 Å². The normalized spacial score (nSPS) is 12.9. The molecule has 0 amide bonds. The number of hydrogen-bond acceptors (Lipinski definition) is 3. The van der Waals surface area contributed by atoms with Crippen molar-refractivity contribution in [1.29, 1.82) is 0 Å². The van der Waals surface area contributed by atoms with Gasteiger partial charge in [-0.3, -0.25) is 0 Å². The van der Waals surface area contributed by atoms with Crippen LogP contribution >= 0.6 is 0 Å². The van der Waals surface area contributed by atoms with Crippen LogP contribution in [0.15, 0.2) is 42.5 Å². The first-order valence-electron chi connectivity index (χ1n) is 6.22. The van der Waals surface area contributed by atoms with Crippen molar-refractivity contribution in [3.05, 3.63) is 42.5 Å². The Bertz CT molecular complexity index is 505. The highest BCUT2D eigenvalue weighted by Gasteiger charge is 2.08. The van der Waals surface area contributed by atoms with Gasteiger partial charge in [0.2, 0.25) is 6.29 Å². The molecule has 0 spiro atoms. The zero-order valence-corrected chi connectivity index (χ0v) is 10.8. The summed E-state index contributed by atoms with van der Waals surface area (Å²) in [5, 5.41) is 15.1. The summed E-state index contributed by atoms with van der Waals surface area (Å²) in [5.74, 6) is 0.714. The molecular formula is C15H19NO2. The molecule has 3 nitrogen and oxygen atoms in total. The molecule has 2 N–H and O–H groups in total. The van der Waals surface area contributed by atoms with E-state index in [4.69, 9.17) is 4.74 Å². The van der Waals surface area contributed by atoms with Crippen molar-refractivity contribution in [2.75, 3.05) is 6.54 Å². The van der Waals surface area contributed by atoms with Gasteiger partial charge in [-0.25, -0.2) is 0 Å². The summed E-state index contributed by atoms with van der Waals surface area (Å²) in [6.45, 7) is 4.48. The lowest BCUT2D eigenvalue weighted by atomic mass is 10.1. The van der Waals surface area contributed by atoms with E-state index < -0.39 is 6.29 Å². The van der Waals surface area contributed by atoms with Crippen LogP contribution in [0, 0.1) is 0 Å². The minimum Gasteiger partial charge on any atom is -0.463 e. The van der Waals surface area contributed by atoms with E-state index in [0.29, 0.717) is 18.3 Å². The predicted octanol–water partition coefficient (Wildman–Crippen LogP) is 2.54. The average Bonchev–Trinajstić information content (AvgIpc) is 2.37. The van der Waals surface area contributed by atoms with Gasteiger partial charge in [0, 0.05) is 11.4 Å². The fraction of sp³-hybridized carbons (Fsp3) is 0.333. The van der Waals surface area contributed by atoms with Crippen LogP contribution in [0.3, 0.4) is 0 Å². The Labute approximate surface area is 107 Å². The van der Waals surface area contributed by atoms with Gasteiger partial charge in [-0.2, -0.15) is 0 Å². The van der Waals surface area contributed by atoms with Crippen LogP contribution in [0.5, 0.6) is 5.75 Å². The SMILES string of the molecule is CC(C)NCC(O)Oc1cccc2ccccc12. The molecule has 0 heterocycles. The van der Waals surface area contributed by atoms with Crippen molar-refractivity contribution in [2.24, 2.45) is 0 Å². The number of rotatable bonds is 5. The summed E-state index contributed by atoms with van der Waals surface area (Å²) >= 11 is 0. The van der Waals surface area contributed by atoms with Crippen LogP contribution in [0.4, 0.5) is 0 Å². The third-order valence-electron chi connectivity index (χ3n) is 2.71. The highest BCUT2D eigenvalue weighted by atomic mass is 16.6. The third-order valence-corrected chi connectivity index (χ3v) is 2.71. The molecule has 1 atom stereocenters. The van der Waals surface area contributed by atoms with Crippen molar-refractivity contribution >= 4 is 10.8 Å². The van der Waals surface area contributed by atoms with Gasteiger partial charge < -0.3 is 15.2 Å². The lowest BCUT2D eigenvalue weighted by Gasteiger charge is -2.17. The van der Waals surface area contributed by atoms with E-state index in [2.05, 4.69) is 5.32 Å². The van der Waals surface area contributed by atoms with Crippen molar-refractivity contribution in [2.45, 2.75) is 26.2 Å². The smallest absolute Gasteiger partial charge is 0.210 e. The fourth-order valence-corrected chi connectivity index (χ4v) is 1.82. The van der Waals surface area contributed by atoms with Crippen molar-refractivity contribution in [1.82, 2.24) is 5.32 Å². The predicted molar refractivity (Wildman–Crippen MR) is 73.7 cm³/mol. The van der Waals surface area contributed by atoms with E-state index in [1.54, 1.807) is 0 Å². The molecule has 0 aliphatic heterocycles. The average molecular weight is 245 g/mol. The van der Waals surface area contributed by atoms with Crippen LogP contribution in [0.2, 0.25) is 0 Å². The first-order valence-corrected chi connectivity index (χ1v) is 6.22. The molecule has 0 fully saturated rings. The Morgan fingerprint density at radius 1 is 1.11 bits per heavy atom. The van der Waals surface area contributed by atoms with Crippen LogP contribution < -0.4 is 10.1 Å². The number of ether oxygens (including phenoxy) is 1. The minimum absolute atomic E-state index is 0.329. The standard InChI is InChI=1S/C15H19NO2/c1-11(2)16-10-15(17)18-14-9-5-7-12-6-3-4-8-13(12)14/h3-9,11,15-17H,10H2,1-2H3. The molecule has 96 valence electrons. The quantitative estimate of drug-likeness (QED) is 0.795. The highest BCUT2D eigenvalue weighted by molar-refractivity contribution is 5.88. The van der Waals surface area contributed by atoms with Gasteiger partial charge in [0.05, 0.1) is 6.54 Å². The van der Waals surface area contributed by atoms with Gasteiger partial charge in [0.25, 0.3) is 0 Å². The Kier molecular flexibility index (Phi) is 4.18. The second-order valence-electron chi connectivity index (χ2n) is 4.61. The summed E-state index contributed by atoms with van der Waals surface area (Å²) in [6, 6.07) is 14.1. The molecule has 0 saturated carbocycles. The van der Waals surface area contributed by atoms with Crippen molar-refractivity contribution in [3.63, 3.8) is 0 Å². The number of nitrogens with one attached hydrogen (secondary N) is 1. The van der Waals surface area contributed by atoms with Gasteiger partial charge in [-0.15, -0.1) is 0 Å². The highest BCUT2D eigenvalue weighted by Crippen LogP contribution is 2.25. The molecule has 18 heavy (non-hydrogen) atoms. The molecule has 1 unspecified atom stereocenters. The molecule has 2 aromatic rings. The zero-order valence-electron chi connectivity index (χ0n) is 10.8. The molecule has 0 aromatic heterocycles. The topological polar surface area (TPSA) is 41.5 Å². The van der Waals surface area contributed by atoms with Gasteiger partial charge in [-0.1, -0.05) is 50.2 Å². The molecule has 0 aliphatic carbocycles. The first-order chi connectivity index (χ1) is 8.66. The molecular weight excluding hydrogens is 226 g/mol. The number of hydrogen-bond donors (Lipinski definition) is 2. The number of aliphatic hydroxyl groups is 1. The summed E-state index contributed by atoms with van der Waals surface area (Å²) in [6.07, 6.45) is -0.835. The molecule has 0 bridgehead atoms. The minimum atomic E-state index is -0.835. The molecule has 2 rings (SSSR count). The van der Waals surface area contributed by atoms with Gasteiger partial charge >= 0.3 is 0 Å². The van der Waals surface area contributed by atoms with E-state index in [-0.39, 0.29) is 0 Å². The van der Waals surface area contributed by atoms with Crippen LogP contribution in [-0.4, -0.2) is 24.0 Å². The molecule has 0 aliphatic rings. The Hall–Kier alpha value is -1.58. The Balaban J connectivity index is 2.11. The maximum atomic E-state index is 9.83. The first kappa shape index (κ1) is 12.9. The lowest BCUT2D eigenvalue weighted by molar-refractivity contribution is -0.0153. The second-order valence-corrected chi connectivity index (χ2v) is 4.61. The fourth-order valence-electron chi connectivity index (χ4n) is 1.82. The van der Waals surface area contributed by atoms with E-state index in [1.807, 2.05) is 56.3 Å². The molecule has 0 saturated heterocycles. The van der Waals surface area contributed by atoms with Gasteiger partial charge in [-0.05, 0) is 11.5 Å². The number of aliphatic hydroxyl groups excluding tert-OH is 1. The second kappa shape index (κ2) is 5.85. The number of benzene rings is 2. The van der Waals surface area contributed by atoms with Gasteiger partial charge in [0.15, 0.2) is 0 Å². The number of fused-ring (bicyclic) bond motifs is 1. The Morgan fingerprint density at radius 2 is 1.83 bits per heavy atom. The van der Waals surface area contributed by atoms with Gasteiger partial charge in [0.1, 0.15) is 5.75 Å². The molecule has 2 aromatic carbocycles. The van der Waals surface area contributed by atoms with E-state index in [9.17, 15) is 5.11 Å². The third kappa shape index (κ3) is 3.22. The summed E-state index contributed by atoms with van der Waals surface area (Å²) in [5.41, 5.74) is 0. The van der Waals surface area contributed by atoms with E-state index >= 15 is 0 Å². The Morgan fingerprint density at radius 3 is 2.61 bits per heavy atom. The largest absolute Gasteiger partial charge is 0.463 e. The maximum Gasteiger partial charge on any atom is 0.210 e. The zero-order chi connectivity index (χ0) is 13.0. The monoisotopic (exact) mass is 245 g/mol. The van der Waals surface area contributed by atoms with Crippen molar-refractivity contribution in [3.8, 4) is 5.75 Å². The van der Waals surface area contributed by atoms with E-state index in [0.717, 1.165) is 10.8 Å². The molecule has 3 heteroatoms. The summed E-state index contributed by atoms with van der Waals surface area (Å²) < 4.78 is 5.57.